The molecule has 2 rings (SSSR count). The Morgan fingerprint density at radius 2 is 2.19 bits per heavy atom. The molecule has 0 saturated heterocycles. The van der Waals surface area contributed by atoms with E-state index in [1.165, 1.54) is 6.07 Å². The minimum absolute atomic E-state index is 0.0634. The zero-order chi connectivity index (χ0) is 15.4. The van der Waals surface area contributed by atoms with Crippen LogP contribution < -0.4 is 10.5 Å². The summed E-state index contributed by atoms with van der Waals surface area (Å²) in [5.41, 5.74) is 8.05. The van der Waals surface area contributed by atoms with Crippen LogP contribution in [0.2, 0.25) is 0 Å². The summed E-state index contributed by atoms with van der Waals surface area (Å²) in [6.07, 6.45) is 0. The quantitative estimate of drug-likeness (QED) is 0.649. The number of rotatable bonds is 6. The van der Waals surface area contributed by atoms with Gasteiger partial charge in [0.05, 0.1) is 16.3 Å². The van der Waals surface area contributed by atoms with E-state index >= 15 is 0 Å². The number of ether oxygens (including phenoxy) is 1. The maximum atomic E-state index is 11.0. The molecule has 7 nitrogen and oxygen atoms in total. The first kappa shape index (κ1) is 15.0. The third kappa shape index (κ3) is 3.38. The van der Waals surface area contributed by atoms with E-state index in [1.54, 1.807) is 12.1 Å². The standard InChI is InChI=1S/C14H18N4O3/c1-3-17-12(6-10(2)16-17)9-21-14-7-11(8-15)4-5-13(14)18(19)20/h4-7H,3,8-9,15H2,1-2H3. The van der Waals surface area contributed by atoms with Gasteiger partial charge in [0.1, 0.15) is 6.61 Å². The third-order valence-electron chi connectivity index (χ3n) is 3.12. The Labute approximate surface area is 122 Å². The highest BCUT2D eigenvalue weighted by Crippen LogP contribution is 2.28. The molecule has 1 aromatic carbocycles. The van der Waals surface area contributed by atoms with Crippen LogP contribution in [0.3, 0.4) is 0 Å². The minimum atomic E-state index is -0.460. The Hall–Kier alpha value is -2.41. The van der Waals surface area contributed by atoms with Gasteiger partial charge >= 0.3 is 5.69 Å². The van der Waals surface area contributed by atoms with E-state index in [0.29, 0.717) is 6.54 Å². The molecule has 0 radical (unpaired) electrons. The van der Waals surface area contributed by atoms with Gasteiger partial charge in [0.2, 0.25) is 0 Å². The van der Waals surface area contributed by atoms with E-state index < -0.39 is 4.92 Å². The first-order chi connectivity index (χ1) is 10.0. The lowest BCUT2D eigenvalue weighted by Crippen LogP contribution is -2.07. The molecule has 0 fully saturated rings. The molecular formula is C14H18N4O3. The van der Waals surface area contributed by atoms with E-state index in [2.05, 4.69) is 5.10 Å². The van der Waals surface area contributed by atoms with Crippen LogP contribution in [0.5, 0.6) is 5.75 Å². The fourth-order valence-corrected chi connectivity index (χ4v) is 2.09. The first-order valence-electron chi connectivity index (χ1n) is 6.68. The van der Waals surface area contributed by atoms with Crippen LogP contribution in [0, 0.1) is 17.0 Å². The van der Waals surface area contributed by atoms with Gasteiger partial charge in [-0.15, -0.1) is 0 Å². The Kier molecular flexibility index (Phi) is 4.54. The number of nitrogens with zero attached hydrogens (tertiary/aromatic N) is 3. The maximum absolute atomic E-state index is 11.0. The second-order valence-electron chi connectivity index (χ2n) is 4.64. The van der Waals surface area contributed by atoms with Gasteiger partial charge in [-0.1, -0.05) is 6.07 Å². The van der Waals surface area contributed by atoms with Crippen molar-refractivity contribution < 1.29 is 9.66 Å². The van der Waals surface area contributed by atoms with Gasteiger partial charge in [-0.05, 0) is 31.5 Å². The molecule has 0 aliphatic rings. The first-order valence-corrected chi connectivity index (χ1v) is 6.68. The molecule has 2 aromatic rings. The average molecular weight is 290 g/mol. The van der Waals surface area contributed by atoms with Crippen molar-refractivity contribution >= 4 is 5.69 Å². The predicted octanol–water partition coefficient (Wildman–Crippen LogP) is 2.16. The van der Waals surface area contributed by atoms with Crippen molar-refractivity contribution in [2.24, 2.45) is 5.73 Å². The van der Waals surface area contributed by atoms with Crippen molar-refractivity contribution in [3.8, 4) is 5.75 Å². The summed E-state index contributed by atoms with van der Waals surface area (Å²) in [7, 11) is 0. The smallest absolute Gasteiger partial charge is 0.310 e. The molecule has 0 atom stereocenters. The molecule has 1 heterocycles. The van der Waals surface area contributed by atoms with Crippen LogP contribution in [-0.2, 0) is 19.7 Å². The molecular weight excluding hydrogens is 272 g/mol. The molecule has 0 aliphatic heterocycles. The lowest BCUT2D eigenvalue weighted by Gasteiger charge is -2.09. The summed E-state index contributed by atoms with van der Waals surface area (Å²) < 4.78 is 7.44. The molecule has 112 valence electrons. The molecule has 2 N–H and O–H groups in total. The highest BCUT2D eigenvalue weighted by atomic mass is 16.6. The van der Waals surface area contributed by atoms with Crippen molar-refractivity contribution in [3.05, 3.63) is 51.3 Å². The van der Waals surface area contributed by atoms with Gasteiger partial charge in [-0.2, -0.15) is 5.10 Å². The topological polar surface area (TPSA) is 96.2 Å². The Morgan fingerprint density at radius 1 is 1.43 bits per heavy atom. The zero-order valence-electron chi connectivity index (χ0n) is 12.1. The minimum Gasteiger partial charge on any atom is -0.480 e. The third-order valence-corrected chi connectivity index (χ3v) is 3.12. The summed E-state index contributed by atoms with van der Waals surface area (Å²) in [5.74, 6) is 0.226. The number of aryl methyl sites for hydroxylation is 2. The fraction of sp³-hybridized carbons (Fsp3) is 0.357. The monoisotopic (exact) mass is 290 g/mol. The van der Waals surface area contributed by atoms with Gasteiger partial charge in [0.15, 0.2) is 5.75 Å². The lowest BCUT2D eigenvalue weighted by molar-refractivity contribution is -0.386. The lowest BCUT2D eigenvalue weighted by atomic mass is 10.2. The number of benzene rings is 1. The summed E-state index contributed by atoms with van der Waals surface area (Å²) >= 11 is 0. The molecule has 21 heavy (non-hydrogen) atoms. The number of nitro groups is 1. The molecule has 0 spiro atoms. The van der Waals surface area contributed by atoms with Crippen molar-refractivity contribution in [2.45, 2.75) is 33.5 Å². The Balaban J connectivity index is 2.23. The average Bonchev–Trinajstić information content (AvgIpc) is 2.84. The van der Waals surface area contributed by atoms with Crippen LogP contribution in [0.15, 0.2) is 24.3 Å². The zero-order valence-corrected chi connectivity index (χ0v) is 12.1. The second-order valence-corrected chi connectivity index (χ2v) is 4.64. The molecule has 1 aromatic heterocycles. The van der Waals surface area contributed by atoms with Gasteiger partial charge in [-0.3, -0.25) is 14.8 Å². The normalized spacial score (nSPS) is 10.6. The van der Waals surface area contributed by atoms with Crippen molar-refractivity contribution in [1.82, 2.24) is 9.78 Å². The molecule has 0 bridgehead atoms. The number of aromatic nitrogens is 2. The van der Waals surface area contributed by atoms with Gasteiger partial charge in [0, 0.05) is 19.2 Å². The largest absolute Gasteiger partial charge is 0.480 e. The predicted molar refractivity (Wildman–Crippen MR) is 78.0 cm³/mol. The van der Waals surface area contributed by atoms with E-state index in [4.69, 9.17) is 10.5 Å². The van der Waals surface area contributed by atoms with Crippen LogP contribution >= 0.6 is 0 Å². The molecule has 0 unspecified atom stereocenters. The number of hydrogen-bond donors (Lipinski definition) is 1. The Morgan fingerprint density at radius 3 is 2.81 bits per heavy atom. The van der Waals surface area contributed by atoms with Gasteiger partial charge in [0.25, 0.3) is 0 Å². The summed E-state index contributed by atoms with van der Waals surface area (Å²) in [6.45, 7) is 5.13. The van der Waals surface area contributed by atoms with E-state index in [0.717, 1.165) is 23.5 Å². The molecule has 0 amide bonds. The molecule has 7 heteroatoms. The van der Waals surface area contributed by atoms with Crippen LogP contribution in [0.4, 0.5) is 5.69 Å². The maximum Gasteiger partial charge on any atom is 0.310 e. The fourth-order valence-electron chi connectivity index (χ4n) is 2.09. The molecule has 0 aliphatic carbocycles. The van der Waals surface area contributed by atoms with Crippen molar-refractivity contribution in [1.29, 1.82) is 0 Å². The number of nitro benzene ring substituents is 1. The van der Waals surface area contributed by atoms with E-state index in [9.17, 15) is 10.1 Å². The SMILES string of the molecule is CCn1nc(C)cc1COc1cc(CN)ccc1[N+](=O)[O-]. The second kappa shape index (κ2) is 6.36. The highest BCUT2D eigenvalue weighted by Gasteiger charge is 2.16. The summed E-state index contributed by atoms with van der Waals surface area (Å²) in [5, 5.41) is 15.4. The summed E-state index contributed by atoms with van der Waals surface area (Å²) in [6, 6.07) is 6.56. The number of hydrogen-bond acceptors (Lipinski definition) is 5. The van der Waals surface area contributed by atoms with Crippen molar-refractivity contribution in [2.75, 3.05) is 0 Å². The highest BCUT2D eigenvalue weighted by molar-refractivity contribution is 5.48. The van der Waals surface area contributed by atoms with Crippen LogP contribution in [-0.4, -0.2) is 14.7 Å². The molecule has 0 saturated carbocycles. The number of nitrogens with two attached hydrogens (primary N) is 1. The Bertz CT molecular complexity index is 652. The van der Waals surface area contributed by atoms with Crippen LogP contribution in [0.1, 0.15) is 23.9 Å². The van der Waals surface area contributed by atoms with E-state index in [1.807, 2.05) is 24.6 Å². The van der Waals surface area contributed by atoms with Crippen molar-refractivity contribution in [3.63, 3.8) is 0 Å². The van der Waals surface area contributed by atoms with Gasteiger partial charge < -0.3 is 10.5 Å². The summed E-state index contributed by atoms with van der Waals surface area (Å²) in [4.78, 5) is 10.6. The van der Waals surface area contributed by atoms with Crippen LogP contribution in [0.25, 0.3) is 0 Å². The van der Waals surface area contributed by atoms with E-state index in [-0.39, 0.29) is 18.0 Å². The van der Waals surface area contributed by atoms with Gasteiger partial charge in [-0.25, -0.2) is 0 Å².